The molecule has 0 aromatic heterocycles. The molecule has 0 heterocycles. The van der Waals surface area contributed by atoms with Crippen molar-refractivity contribution in [3.8, 4) is 11.8 Å². The summed E-state index contributed by atoms with van der Waals surface area (Å²) >= 11 is 1.33. The molecule has 0 aliphatic carbocycles. The fourth-order valence-corrected chi connectivity index (χ4v) is 1.42. The second-order valence-corrected chi connectivity index (χ2v) is 3.92. The number of hydrogen-bond acceptors (Lipinski definition) is 5. The van der Waals surface area contributed by atoms with Crippen LogP contribution in [0.2, 0.25) is 0 Å². The first-order valence-corrected chi connectivity index (χ1v) is 5.54. The van der Waals surface area contributed by atoms with Crippen molar-refractivity contribution in [2.24, 2.45) is 16.7 Å². The van der Waals surface area contributed by atoms with Crippen molar-refractivity contribution in [3.05, 3.63) is 29.8 Å². The van der Waals surface area contributed by atoms with Gasteiger partial charge in [0, 0.05) is 5.75 Å². The number of ether oxygens (including phenoxy) is 1. The minimum absolute atomic E-state index is 0.337. The van der Waals surface area contributed by atoms with Gasteiger partial charge in [-0.3, -0.25) is 0 Å². The zero-order valence-corrected chi connectivity index (χ0v) is 9.41. The first kappa shape index (κ1) is 12.2. The zero-order chi connectivity index (χ0) is 11.8. The third-order valence-electron chi connectivity index (χ3n) is 1.71. The normalized spacial score (nSPS) is 10.8. The second kappa shape index (κ2) is 6.58. The van der Waals surface area contributed by atoms with Gasteiger partial charge in [-0.15, -0.1) is 0 Å². The van der Waals surface area contributed by atoms with E-state index in [0.717, 1.165) is 5.75 Å². The molecular weight excluding hydrogens is 224 g/mol. The number of hydrogen-bond donors (Lipinski definition) is 2. The Bertz CT molecular complexity index is 396. The lowest BCUT2D eigenvalue weighted by atomic mass is 10.2. The molecule has 0 fully saturated rings. The first-order valence-electron chi connectivity index (χ1n) is 4.55. The van der Waals surface area contributed by atoms with Crippen molar-refractivity contribution in [2.75, 3.05) is 12.4 Å². The summed E-state index contributed by atoms with van der Waals surface area (Å²) in [5.41, 5.74) is 6.00. The highest BCUT2D eigenvalue weighted by atomic mass is 32.2. The van der Waals surface area contributed by atoms with Gasteiger partial charge >= 0.3 is 0 Å². The van der Waals surface area contributed by atoms with Crippen molar-refractivity contribution in [2.45, 2.75) is 0 Å². The summed E-state index contributed by atoms with van der Waals surface area (Å²) in [5.74, 6) is 6.37. The van der Waals surface area contributed by atoms with Crippen LogP contribution in [0, 0.1) is 11.3 Å². The summed E-state index contributed by atoms with van der Waals surface area (Å²) in [5, 5.41) is 12.3. The number of nitrogens with two attached hydrogens (primary N) is 2. The van der Waals surface area contributed by atoms with Crippen molar-refractivity contribution in [1.29, 1.82) is 5.26 Å². The molecule has 0 atom stereocenters. The van der Waals surface area contributed by atoms with Crippen molar-refractivity contribution < 1.29 is 4.74 Å². The maximum absolute atomic E-state index is 8.60. The Kier molecular flexibility index (Phi) is 5.02. The summed E-state index contributed by atoms with van der Waals surface area (Å²) in [6, 6.07) is 8.96. The standard InChI is InChI=1S/C10H12N4OS/c11-7-8-1-3-9(4-2-8)15-5-6-16-10(12)14-13/h1-4H,5-6,13H2,(H2,12,14). The average Bonchev–Trinajstić information content (AvgIpc) is 2.35. The van der Waals surface area contributed by atoms with Gasteiger partial charge in [0.25, 0.3) is 0 Å². The minimum atomic E-state index is 0.337. The molecule has 4 N–H and O–H groups in total. The Balaban J connectivity index is 2.30. The Morgan fingerprint density at radius 3 is 2.69 bits per heavy atom. The summed E-state index contributed by atoms with van der Waals surface area (Å²) in [6.07, 6.45) is 0. The monoisotopic (exact) mass is 236 g/mol. The van der Waals surface area contributed by atoms with Gasteiger partial charge in [0.2, 0.25) is 0 Å². The fourth-order valence-electron chi connectivity index (χ4n) is 0.969. The lowest BCUT2D eigenvalue weighted by molar-refractivity contribution is 0.344. The summed E-state index contributed by atoms with van der Waals surface area (Å²) in [7, 11) is 0. The fraction of sp³-hybridized carbons (Fsp3) is 0.200. The van der Waals surface area contributed by atoms with Gasteiger partial charge in [-0.05, 0) is 24.3 Å². The Hall–Kier alpha value is -1.87. The van der Waals surface area contributed by atoms with Crippen molar-refractivity contribution in [1.82, 2.24) is 0 Å². The van der Waals surface area contributed by atoms with Gasteiger partial charge in [-0.1, -0.05) is 11.8 Å². The van der Waals surface area contributed by atoms with Crippen LogP contribution in [0.5, 0.6) is 5.75 Å². The highest BCUT2D eigenvalue weighted by molar-refractivity contribution is 8.13. The van der Waals surface area contributed by atoms with Gasteiger partial charge in [-0.2, -0.15) is 10.4 Å². The highest BCUT2D eigenvalue weighted by Gasteiger charge is 1.96. The van der Waals surface area contributed by atoms with E-state index in [2.05, 4.69) is 5.10 Å². The van der Waals surface area contributed by atoms with E-state index in [0.29, 0.717) is 23.1 Å². The van der Waals surface area contributed by atoms with E-state index in [1.54, 1.807) is 24.3 Å². The van der Waals surface area contributed by atoms with E-state index < -0.39 is 0 Å². The molecule has 0 saturated carbocycles. The molecule has 0 amide bonds. The van der Waals surface area contributed by atoms with E-state index in [1.165, 1.54) is 11.8 Å². The number of amidine groups is 1. The third kappa shape index (κ3) is 4.11. The topological polar surface area (TPSA) is 97.4 Å². The molecule has 1 aromatic rings. The number of rotatable bonds is 4. The maximum Gasteiger partial charge on any atom is 0.177 e. The Labute approximate surface area is 98.1 Å². The lowest BCUT2D eigenvalue weighted by Crippen LogP contribution is -2.12. The molecule has 0 aliphatic heterocycles. The third-order valence-corrected chi connectivity index (χ3v) is 2.48. The van der Waals surface area contributed by atoms with Gasteiger partial charge in [0.05, 0.1) is 18.2 Å². The van der Waals surface area contributed by atoms with E-state index in [-0.39, 0.29) is 0 Å². The maximum atomic E-state index is 8.60. The molecule has 5 nitrogen and oxygen atoms in total. The summed E-state index contributed by atoms with van der Waals surface area (Å²) in [6.45, 7) is 0.507. The highest BCUT2D eigenvalue weighted by Crippen LogP contribution is 2.12. The van der Waals surface area contributed by atoms with Crippen LogP contribution < -0.4 is 16.3 Å². The van der Waals surface area contributed by atoms with E-state index in [4.69, 9.17) is 21.6 Å². The summed E-state index contributed by atoms with van der Waals surface area (Å²) in [4.78, 5) is 0. The molecule has 0 radical (unpaired) electrons. The van der Waals surface area contributed by atoms with Crippen molar-refractivity contribution >= 4 is 16.9 Å². The summed E-state index contributed by atoms with van der Waals surface area (Å²) < 4.78 is 5.42. The lowest BCUT2D eigenvalue weighted by Gasteiger charge is -2.05. The van der Waals surface area contributed by atoms with Crippen LogP contribution in [0.1, 0.15) is 5.56 Å². The molecule has 84 valence electrons. The quantitative estimate of drug-likeness (QED) is 0.266. The molecule has 0 aliphatic rings. The van der Waals surface area contributed by atoms with Gasteiger partial charge in [-0.25, -0.2) is 0 Å². The van der Waals surface area contributed by atoms with Gasteiger partial charge in [0.15, 0.2) is 5.17 Å². The second-order valence-electron chi connectivity index (χ2n) is 2.80. The van der Waals surface area contributed by atoms with Crippen LogP contribution in [0.15, 0.2) is 29.4 Å². The SMILES string of the molecule is N#Cc1ccc(OCCSC(N)=NN)cc1. The molecule has 0 spiro atoms. The first-order chi connectivity index (χ1) is 7.76. The van der Waals surface area contributed by atoms with Crippen LogP contribution in [-0.4, -0.2) is 17.5 Å². The average molecular weight is 236 g/mol. The molecule has 1 aromatic carbocycles. The predicted octanol–water partition coefficient (Wildman–Crippen LogP) is 0.859. The number of nitrogens with zero attached hydrogens (tertiary/aromatic N) is 2. The van der Waals surface area contributed by atoms with Gasteiger partial charge < -0.3 is 16.3 Å². The zero-order valence-electron chi connectivity index (χ0n) is 8.59. The molecule has 0 bridgehead atoms. The molecule has 0 unspecified atom stereocenters. The van der Waals surface area contributed by atoms with Gasteiger partial charge in [0.1, 0.15) is 5.75 Å². The number of thioether (sulfide) groups is 1. The number of nitriles is 1. The van der Waals surface area contributed by atoms with Crippen LogP contribution in [0.3, 0.4) is 0 Å². The van der Waals surface area contributed by atoms with E-state index in [9.17, 15) is 0 Å². The molecular formula is C10H12N4OS. The number of hydrazone groups is 1. The van der Waals surface area contributed by atoms with Crippen LogP contribution >= 0.6 is 11.8 Å². The predicted molar refractivity (Wildman–Crippen MR) is 64.9 cm³/mol. The van der Waals surface area contributed by atoms with Crippen LogP contribution in [0.25, 0.3) is 0 Å². The minimum Gasteiger partial charge on any atom is -0.493 e. The molecule has 6 heteroatoms. The smallest absolute Gasteiger partial charge is 0.177 e. The molecule has 1 rings (SSSR count). The molecule has 0 saturated heterocycles. The van der Waals surface area contributed by atoms with Crippen LogP contribution in [0.4, 0.5) is 0 Å². The van der Waals surface area contributed by atoms with Crippen LogP contribution in [-0.2, 0) is 0 Å². The van der Waals surface area contributed by atoms with E-state index in [1.807, 2.05) is 6.07 Å². The largest absolute Gasteiger partial charge is 0.493 e. The van der Waals surface area contributed by atoms with E-state index >= 15 is 0 Å². The van der Waals surface area contributed by atoms with Crippen molar-refractivity contribution in [3.63, 3.8) is 0 Å². The Morgan fingerprint density at radius 1 is 1.44 bits per heavy atom. The molecule has 16 heavy (non-hydrogen) atoms. The number of benzene rings is 1. The Morgan fingerprint density at radius 2 is 2.12 bits per heavy atom.